The zero-order valence-corrected chi connectivity index (χ0v) is 14.4. The molecule has 2 aromatic rings. The smallest absolute Gasteiger partial charge is 0.277 e. The maximum atomic E-state index is 11.8. The van der Waals surface area contributed by atoms with Crippen LogP contribution in [0.1, 0.15) is 18.1 Å². The van der Waals surface area contributed by atoms with Crippen molar-refractivity contribution in [3.63, 3.8) is 0 Å². The van der Waals surface area contributed by atoms with Gasteiger partial charge in [0, 0.05) is 5.02 Å². The van der Waals surface area contributed by atoms with Crippen molar-refractivity contribution >= 4 is 29.3 Å². The number of halogens is 1. The molecule has 24 heavy (non-hydrogen) atoms. The molecule has 0 unspecified atom stereocenters. The fourth-order valence-corrected chi connectivity index (χ4v) is 2.15. The predicted molar refractivity (Wildman–Crippen MR) is 98.4 cm³/mol. The Morgan fingerprint density at radius 1 is 1.25 bits per heavy atom. The Labute approximate surface area is 146 Å². The molecule has 2 aromatic carbocycles. The second-order valence-corrected chi connectivity index (χ2v) is 5.67. The normalized spacial score (nSPS) is 11.5. The van der Waals surface area contributed by atoms with Gasteiger partial charge in [-0.15, -0.1) is 0 Å². The Bertz CT molecular complexity index is 755. The highest BCUT2D eigenvalue weighted by Crippen LogP contribution is 2.21. The number of hydrazone groups is 1. The molecule has 0 aliphatic carbocycles. The van der Waals surface area contributed by atoms with Gasteiger partial charge in [0.05, 0.1) is 5.71 Å². The molecule has 1 N–H and O–H groups in total. The van der Waals surface area contributed by atoms with E-state index in [1.807, 2.05) is 56.3 Å². The number of hydrogen-bond acceptors (Lipinski definition) is 3. The molecule has 0 saturated carbocycles. The van der Waals surface area contributed by atoms with Crippen molar-refractivity contribution in [2.75, 3.05) is 6.61 Å². The Morgan fingerprint density at radius 2 is 2.00 bits per heavy atom. The first-order chi connectivity index (χ1) is 11.5. The van der Waals surface area contributed by atoms with Crippen molar-refractivity contribution < 1.29 is 9.53 Å². The molecule has 1 amide bonds. The minimum absolute atomic E-state index is 0.109. The van der Waals surface area contributed by atoms with Gasteiger partial charge in [-0.1, -0.05) is 48.0 Å². The van der Waals surface area contributed by atoms with E-state index in [1.54, 1.807) is 18.2 Å². The fraction of sp³-hybridized carbons (Fsp3) is 0.158. The molecule has 0 heterocycles. The van der Waals surface area contributed by atoms with Crippen LogP contribution in [0.2, 0.25) is 5.02 Å². The lowest BCUT2D eigenvalue weighted by Crippen LogP contribution is -2.25. The molecule has 0 aliphatic heterocycles. The third-order valence-electron chi connectivity index (χ3n) is 3.17. The number of amides is 1. The summed E-state index contributed by atoms with van der Waals surface area (Å²) in [6.45, 7) is 3.57. The standard InChI is InChI=1S/C19H19ClN2O2/c1-14-12-17(20)10-11-18(14)24-13-19(23)22-21-15(2)8-9-16-6-4-3-5-7-16/h3-12H,13H2,1-2H3,(H,22,23). The zero-order chi connectivity index (χ0) is 17.4. The molecule has 0 spiro atoms. The van der Waals surface area contributed by atoms with E-state index < -0.39 is 0 Å². The number of carbonyl (C=O) groups excluding carboxylic acids is 1. The maximum absolute atomic E-state index is 11.8. The van der Waals surface area contributed by atoms with E-state index in [0.717, 1.165) is 11.1 Å². The predicted octanol–water partition coefficient (Wildman–Crippen LogP) is 4.23. The number of rotatable bonds is 6. The van der Waals surface area contributed by atoms with Gasteiger partial charge in [-0.2, -0.15) is 5.10 Å². The summed E-state index contributed by atoms with van der Waals surface area (Å²) < 4.78 is 5.46. The van der Waals surface area contributed by atoms with Gasteiger partial charge < -0.3 is 4.74 Å². The first-order valence-corrected chi connectivity index (χ1v) is 7.87. The fourth-order valence-electron chi connectivity index (χ4n) is 1.92. The van der Waals surface area contributed by atoms with Gasteiger partial charge in [0.1, 0.15) is 5.75 Å². The van der Waals surface area contributed by atoms with Crippen LogP contribution in [0.4, 0.5) is 0 Å². The van der Waals surface area contributed by atoms with Crippen LogP contribution in [0, 0.1) is 6.92 Å². The number of nitrogens with one attached hydrogen (secondary N) is 1. The number of hydrogen-bond donors (Lipinski definition) is 1. The minimum atomic E-state index is -0.322. The number of carbonyl (C=O) groups is 1. The van der Waals surface area contributed by atoms with E-state index in [1.165, 1.54) is 0 Å². The number of allylic oxidation sites excluding steroid dienone is 1. The molecular formula is C19H19ClN2O2. The van der Waals surface area contributed by atoms with Gasteiger partial charge in [-0.05, 0) is 49.2 Å². The van der Waals surface area contributed by atoms with Crippen LogP contribution in [-0.4, -0.2) is 18.2 Å². The van der Waals surface area contributed by atoms with Crippen LogP contribution in [0.25, 0.3) is 6.08 Å². The van der Waals surface area contributed by atoms with Gasteiger partial charge in [0.15, 0.2) is 6.61 Å². The molecule has 0 fully saturated rings. The lowest BCUT2D eigenvalue weighted by atomic mass is 10.2. The third kappa shape index (κ3) is 5.89. The van der Waals surface area contributed by atoms with E-state index in [0.29, 0.717) is 16.5 Å². The van der Waals surface area contributed by atoms with Crippen LogP contribution in [0.15, 0.2) is 59.7 Å². The molecule has 4 nitrogen and oxygen atoms in total. The average molecular weight is 343 g/mol. The highest BCUT2D eigenvalue weighted by Gasteiger charge is 2.04. The summed E-state index contributed by atoms with van der Waals surface area (Å²) in [4.78, 5) is 11.8. The summed E-state index contributed by atoms with van der Waals surface area (Å²) in [5.74, 6) is 0.302. The SMILES string of the molecule is CC(C=Cc1ccccc1)=NNC(=O)COc1ccc(Cl)cc1C. The van der Waals surface area contributed by atoms with Gasteiger partial charge >= 0.3 is 0 Å². The summed E-state index contributed by atoms with van der Waals surface area (Å²) in [6, 6.07) is 15.1. The molecule has 5 heteroatoms. The first-order valence-electron chi connectivity index (χ1n) is 7.50. The lowest BCUT2D eigenvalue weighted by Gasteiger charge is -2.08. The van der Waals surface area contributed by atoms with Crippen LogP contribution in [-0.2, 0) is 4.79 Å². The zero-order valence-electron chi connectivity index (χ0n) is 13.6. The van der Waals surface area contributed by atoms with Crippen molar-refractivity contribution in [2.24, 2.45) is 5.10 Å². The molecule has 0 aliphatic rings. The van der Waals surface area contributed by atoms with Crippen LogP contribution in [0.5, 0.6) is 5.75 Å². The summed E-state index contributed by atoms with van der Waals surface area (Å²) in [5, 5.41) is 4.65. The molecule has 0 bridgehead atoms. The van der Waals surface area contributed by atoms with Gasteiger partial charge in [-0.25, -0.2) is 5.43 Å². The molecule has 0 atom stereocenters. The summed E-state index contributed by atoms with van der Waals surface area (Å²) in [5.41, 5.74) is 5.10. The van der Waals surface area contributed by atoms with Crippen molar-refractivity contribution in [3.8, 4) is 5.75 Å². The quantitative estimate of drug-likeness (QED) is 0.630. The van der Waals surface area contributed by atoms with Gasteiger partial charge in [0.2, 0.25) is 0 Å². The largest absolute Gasteiger partial charge is 0.483 e. The van der Waals surface area contributed by atoms with Gasteiger partial charge in [0.25, 0.3) is 5.91 Å². The molecule has 0 saturated heterocycles. The van der Waals surface area contributed by atoms with E-state index in [2.05, 4.69) is 10.5 Å². The summed E-state index contributed by atoms with van der Waals surface area (Å²) >= 11 is 5.88. The number of nitrogens with zero attached hydrogens (tertiary/aromatic N) is 1. The Kier molecular flexibility index (Phi) is 6.58. The molecule has 124 valence electrons. The first kappa shape index (κ1) is 17.8. The maximum Gasteiger partial charge on any atom is 0.277 e. The van der Waals surface area contributed by atoms with Crippen molar-refractivity contribution in [3.05, 3.63) is 70.8 Å². The molecular weight excluding hydrogens is 324 g/mol. The number of benzene rings is 2. The Hall–Kier alpha value is -2.59. The highest BCUT2D eigenvalue weighted by atomic mass is 35.5. The van der Waals surface area contributed by atoms with Crippen LogP contribution >= 0.6 is 11.6 Å². The monoisotopic (exact) mass is 342 g/mol. The van der Waals surface area contributed by atoms with Crippen molar-refractivity contribution in [1.82, 2.24) is 5.43 Å². The Balaban J connectivity index is 1.82. The van der Waals surface area contributed by atoms with Crippen LogP contribution < -0.4 is 10.2 Å². The van der Waals surface area contributed by atoms with Crippen molar-refractivity contribution in [2.45, 2.75) is 13.8 Å². The summed E-state index contributed by atoms with van der Waals surface area (Å²) in [6.07, 6.45) is 3.76. The average Bonchev–Trinajstić information content (AvgIpc) is 2.58. The second kappa shape index (κ2) is 8.89. The highest BCUT2D eigenvalue weighted by molar-refractivity contribution is 6.30. The Morgan fingerprint density at radius 3 is 2.71 bits per heavy atom. The van der Waals surface area contributed by atoms with E-state index in [-0.39, 0.29) is 12.5 Å². The van der Waals surface area contributed by atoms with E-state index in [9.17, 15) is 4.79 Å². The van der Waals surface area contributed by atoms with E-state index in [4.69, 9.17) is 16.3 Å². The number of aryl methyl sites for hydroxylation is 1. The second-order valence-electron chi connectivity index (χ2n) is 5.23. The molecule has 0 aromatic heterocycles. The topological polar surface area (TPSA) is 50.7 Å². The van der Waals surface area contributed by atoms with Gasteiger partial charge in [-0.3, -0.25) is 4.79 Å². The molecule has 2 rings (SSSR count). The number of ether oxygens (including phenoxy) is 1. The minimum Gasteiger partial charge on any atom is -0.483 e. The van der Waals surface area contributed by atoms with E-state index >= 15 is 0 Å². The molecule has 0 radical (unpaired) electrons. The van der Waals surface area contributed by atoms with Crippen LogP contribution in [0.3, 0.4) is 0 Å². The third-order valence-corrected chi connectivity index (χ3v) is 3.40. The van der Waals surface area contributed by atoms with Crippen molar-refractivity contribution in [1.29, 1.82) is 0 Å². The summed E-state index contributed by atoms with van der Waals surface area (Å²) in [7, 11) is 0. The lowest BCUT2D eigenvalue weighted by molar-refractivity contribution is -0.123.